The molecule has 1 heterocycles. The summed E-state index contributed by atoms with van der Waals surface area (Å²) in [6.45, 7) is 0.820. The number of benzene rings is 2. The van der Waals surface area contributed by atoms with Crippen LogP contribution in [0.5, 0.6) is 11.5 Å². The zero-order valence-electron chi connectivity index (χ0n) is 11.8. The SMILES string of the molecule is CN(CC(N)c1ccc2c(c1)OCO2)c1cccc(F)c1. The molecule has 2 aromatic rings. The fourth-order valence-electron chi connectivity index (χ4n) is 2.36. The summed E-state index contributed by atoms with van der Waals surface area (Å²) in [7, 11) is 1.89. The van der Waals surface area contributed by atoms with E-state index >= 15 is 0 Å². The molecule has 110 valence electrons. The van der Waals surface area contributed by atoms with Gasteiger partial charge in [-0.25, -0.2) is 4.39 Å². The first-order valence-electron chi connectivity index (χ1n) is 6.75. The number of hydrogen-bond donors (Lipinski definition) is 1. The average molecular weight is 288 g/mol. The van der Waals surface area contributed by atoms with Crippen molar-refractivity contribution in [2.24, 2.45) is 5.73 Å². The van der Waals surface area contributed by atoms with Crippen LogP contribution in [-0.2, 0) is 0 Å². The van der Waals surface area contributed by atoms with Crippen molar-refractivity contribution in [3.05, 3.63) is 53.8 Å². The van der Waals surface area contributed by atoms with Crippen LogP contribution in [0.25, 0.3) is 0 Å². The smallest absolute Gasteiger partial charge is 0.231 e. The van der Waals surface area contributed by atoms with Gasteiger partial charge in [0.1, 0.15) is 5.82 Å². The van der Waals surface area contributed by atoms with Gasteiger partial charge in [-0.05, 0) is 35.9 Å². The standard InChI is InChI=1S/C16H17FN2O2/c1-19(13-4-2-3-12(17)8-13)9-14(18)11-5-6-15-16(7-11)21-10-20-15/h2-8,14H,9-10,18H2,1H3. The Hall–Kier alpha value is -2.27. The third-order valence-corrected chi connectivity index (χ3v) is 3.54. The van der Waals surface area contributed by atoms with Crippen LogP contribution in [-0.4, -0.2) is 20.4 Å². The van der Waals surface area contributed by atoms with Crippen molar-refractivity contribution in [3.8, 4) is 11.5 Å². The van der Waals surface area contributed by atoms with E-state index in [-0.39, 0.29) is 18.7 Å². The number of rotatable bonds is 4. The highest BCUT2D eigenvalue weighted by molar-refractivity contribution is 5.48. The molecule has 1 aliphatic rings. The fraction of sp³-hybridized carbons (Fsp3) is 0.250. The molecule has 2 N–H and O–H groups in total. The van der Waals surface area contributed by atoms with Crippen LogP contribution in [0.4, 0.5) is 10.1 Å². The Bertz CT molecular complexity index is 648. The summed E-state index contributed by atoms with van der Waals surface area (Å²) in [6, 6.07) is 11.9. The minimum Gasteiger partial charge on any atom is -0.454 e. The lowest BCUT2D eigenvalue weighted by Crippen LogP contribution is -2.29. The van der Waals surface area contributed by atoms with Gasteiger partial charge in [0.05, 0.1) is 0 Å². The van der Waals surface area contributed by atoms with Crippen molar-refractivity contribution < 1.29 is 13.9 Å². The molecule has 3 rings (SSSR count). The number of fused-ring (bicyclic) bond motifs is 1. The Labute approximate surface area is 122 Å². The van der Waals surface area contributed by atoms with Crippen molar-refractivity contribution in [1.29, 1.82) is 0 Å². The number of nitrogens with zero attached hydrogens (tertiary/aromatic N) is 1. The van der Waals surface area contributed by atoms with Crippen LogP contribution in [0.15, 0.2) is 42.5 Å². The molecule has 0 aliphatic carbocycles. The molecule has 0 fully saturated rings. The molecule has 0 spiro atoms. The quantitative estimate of drug-likeness (QED) is 0.939. The van der Waals surface area contributed by atoms with E-state index in [1.54, 1.807) is 6.07 Å². The predicted molar refractivity (Wildman–Crippen MR) is 79.2 cm³/mol. The van der Waals surface area contributed by atoms with Gasteiger partial charge in [-0.1, -0.05) is 12.1 Å². The van der Waals surface area contributed by atoms with Gasteiger partial charge in [0.2, 0.25) is 6.79 Å². The lowest BCUT2D eigenvalue weighted by molar-refractivity contribution is 0.174. The summed E-state index contributed by atoms with van der Waals surface area (Å²) in [4.78, 5) is 1.93. The summed E-state index contributed by atoms with van der Waals surface area (Å²) in [6.07, 6.45) is 0. The second-order valence-corrected chi connectivity index (χ2v) is 5.08. The molecule has 2 aromatic carbocycles. The zero-order chi connectivity index (χ0) is 14.8. The fourth-order valence-corrected chi connectivity index (χ4v) is 2.36. The molecule has 1 atom stereocenters. The maximum atomic E-state index is 13.2. The number of nitrogens with two attached hydrogens (primary N) is 1. The molecule has 0 amide bonds. The summed E-state index contributed by atoms with van der Waals surface area (Å²) < 4.78 is 23.9. The van der Waals surface area contributed by atoms with E-state index in [9.17, 15) is 4.39 Å². The van der Waals surface area contributed by atoms with Crippen molar-refractivity contribution >= 4 is 5.69 Å². The molecule has 0 bridgehead atoms. The molecule has 4 nitrogen and oxygen atoms in total. The Kier molecular flexibility index (Phi) is 3.66. The molecule has 0 saturated carbocycles. The minimum absolute atomic E-state index is 0.201. The first kappa shape index (κ1) is 13.7. The monoisotopic (exact) mass is 288 g/mol. The summed E-state index contributed by atoms with van der Waals surface area (Å²) >= 11 is 0. The maximum Gasteiger partial charge on any atom is 0.231 e. The normalized spacial score (nSPS) is 14.0. The molecule has 0 aromatic heterocycles. The lowest BCUT2D eigenvalue weighted by atomic mass is 10.1. The van der Waals surface area contributed by atoms with Crippen molar-refractivity contribution in [3.63, 3.8) is 0 Å². The second kappa shape index (κ2) is 5.61. The highest BCUT2D eigenvalue weighted by Gasteiger charge is 2.17. The topological polar surface area (TPSA) is 47.7 Å². The van der Waals surface area contributed by atoms with Gasteiger partial charge in [-0.15, -0.1) is 0 Å². The first-order chi connectivity index (χ1) is 10.1. The summed E-state index contributed by atoms with van der Waals surface area (Å²) in [5, 5.41) is 0. The third-order valence-electron chi connectivity index (χ3n) is 3.54. The predicted octanol–water partition coefficient (Wildman–Crippen LogP) is 2.69. The minimum atomic E-state index is -0.254. The Morgan fingerprint density at radius 3 is 2.81 bits per heavy atom. The van der Waals surface area contributed by atoms with Crippen LogP contribution in [0, 0.1) is 5.82 Å². The van der Waals surface area contributed by atoms with Gasteiger partial charge in [0.25, 0.3) is 0 Å². The van der Waals surface area contributed by atoms with E-state index in [1.165, 1.54) is 12.1 Å². The van der Waals surface area contributed by atoms with Gasteiger partial charge in [-0.3, -0.25) is 0 Å². The van der Waals surface area contributed by atoms with Crippen molar-refractivity contribution in [2.45, 2.75) is 6.04 Å². The largest absolute Gasteiger partial charge is 0.454 e. The number of anilines is 1. The highest BCUT2D eigenvalue weighted by atomic mass is 19.1. The van der Waals surface area contributed by atoms with Crippen LogP contribution in [0.3, 0.4) is 0 Å². The molecule has 21 heavy (non-hydrogen) atoms. The van der Waals surface area contributed by atoms with Crippen molar-refractivity contribution in [2.75, 3.05) is 25.3 Å². The molecule has 0 saturated heterocycles. The zero-order valence-corrected chi connectivity index (χ0v) is 11.8. The Morgan fingerprint density at radius 2 is 2.00 bits per heavy atom. The van der Waals surface area contributed by atoms with E-state index in [0.29, 0.717) is 6.54 Å². The highest BCUT2D eigenvalue weighted by Crippen LogP contribution is 2.34. The summed E-state index contributed by atoms with van der Waals surface area (Å²) in [5.74, 6) is 1.21. The average Bonchev–Trinajstić information content (AvgIpc) is 2.94. The van der Waals surface area contributed by atoms with Gasteiger partial charge < -0.3 is 20.1 Å². The third kappa shape index (κ3) is 2.92. The molecular weight excluding hydrogens is 271 g/mol. The van der Waals surface area contributed by atoms with E-state index in [0.717, 1.165) is 22.7 Å². The number of hydrogen-bond acceptors (Lipinski definition) is 4. The molecule has 0 radical (unpaired) electrons. The number of ether oxygens (including phenoxy) is 2. The van der Waals surface area contributed by atoms with E-state index in [2.05, 4.69) is 0 Å². The maximum absolute atomic E-state index is 13.2. The van der Waals surface area contributed by atoms with Gasteiger partial charge >= 0.3 is 0 Å². The number of halogens is 1. The van der Waals surface area contributed by atoms with E-state index in [4.69, 9.17) is 15.2 Å². The van der Waals surface area contributed by atoms with Crippen molar-refractivity contribution in [1.82, 2.24) is 0 Å². The van der Waals surface area contributed by atoms with Crippen LogP contribution < -0.4 is 20.1 Å². The number of likely N-dealkylation sites (N-methyl/N-ethyl adjacent to an activating group) is 1. The van der Waals surface area contributed by atoms with Crippen LogP contribution >= 0.6 is 0 Å². The van der Waals surface area contributed by atoms with E-state index < -0.39 is 0 Å². The van der Waals surface area contributed by atoms with Gasteiger partial charge in [-0.2, -0.15) is 0 Å². The Balaban J connectivity index is 1.72. The first-order valence-corrected chi connectivity index (χ1v) is 6.75. The Morgan fingerprint density at radius 1 is 1.19 bits per heavy atom. The molecule has 1 unspecified atom stereocenters. The van der Waals surface area contributed by atoms with Gasteiger partial charge in [0.15, 0.2) is 11.5 Å². The van der Waals surface area contributed by atoms with E-state index in [1.807, 2.05) is 36.2 Å². The summed E-state index contributed by atoms with van der Waals surface area (Å²) in [5.41, 5.74) is 7.99. The molecule has 5 heteroatoms. The second-order valence-electron chi connectivity index (χ2n) is 5.08. The molecule has 1 aliphatic heterocycles. The van der Waals surface area contributed by atoms with Crippen LogP contribution in [0.1, 0.15) is 11.6 Å². The molecular formula is C16H17FN2O2. The van der Waals surface area contributed by atoms with Crippen LogP contribution in [0.2, 0.25) is 0 Å². The lowest BCUT2D eigenvalue weighted by Gasteiger charge is -2.23. The van der Waals surface area contributed by atoms with Gasteiger partial charge in [0, 0.05) is 25.3 Å².